The third-order valence-corrected chi connectivity index (χ3v) is 4.79. The summed E-state index contributed by atoms with van der Waals surface area (Å²) in [6, 6.07) is 2.97. The topological polar surface area (TPSA) is 215 Å². The van der Waals surface area contributed by atoms with Crippen molar-refractivity contribution in [2.75, 3.05) is 6.61 Å². The van der Waals surface area contributed by atoms with E-state index in [2.05, 4.69) is 10.1 Å². The number of aliphatic hydroxyl groups is 3. The Kier molecular flexibility index (Phi) is 8.27. The molecule has 6 atom stereocenters. The Morgan fingerprint density at radius 2 is 1.88 bits per heavy atom. The maximum atomic E-state index is 12.1. The van der Waals surface area contributed by atoms with Crippen LogP contribution in [0.2, 0.25) is 0 Å². The summed E-state index contributed by atoms with van der Waals surface area (Å²) in [4.78, 5) is 44.8. The van der Waals surface area contributed by atoms with Crippen molar-refractivity contribution in [1.29, 1.82) is 0 Å². The number of carbonyl (C=O) groups is 3. The van der Waals surface area contributed by atoms with Gasteiger partial charge in [0.15, 0.2) is 0 Å². The summed E-state index contributed by atoms with van der Waals surface area (Å²) in [7, 11) is 0. The second-order valence-electron chi connectivity index (χ2n) is 7.35. The van der Waals surface area contributed by atoms with E-state index >= 15 is 0 Å². The van der Waals surface area contributed by atoms with Crippen LogP contribution in [-0.4, -0.2) is 86.0 Å². The number of amides is 1. The molecular weight excluding hydrogens is 448 g/mol. The van der Waals surface area contributed by atoms with Crippen LogP contribution in [0.4, 0.5) is 5.69 Å². The van der Waals surface area contributed by atoms with Gasteiger partial charge in [-0.1, -0.05) is 0 Å². The molecule has 2 rings (SSSR count). The number of carbonyl (C=O) groups excluding carboxylic acids is 2. The third kappa shape index (κ3) is 6.35. The summed E-state index contributed by atoms with van der Waals surface area (Å²) in [6.45, 7) is 1.49. The zero-order chi connectivity index (χ0) is 24.9. The standard InChI is InChI=1S/C19H24N2O12/c1-9(22)20-15-13(24)7-19(18(27)28,32-12-5-3-11(4-6-12)21(29)30)33-17(15)16(26)14(25)8-31-10(2)23/h3-6,13-17,24-26H,7-8H2,1-2H3,(H,20,22)(H,27,28)/t13-,14+,15+,16+,17+,19+/m0/s1. The predicted molar refractivity (Wildman–Crippen MR) is 106 cm³/mol. The van der Waals surface area contributed by atoms with Gasteiger partial charge in [0, 0.05) is 26.0 Å². The Balaban J connectivity index is 2.37. The van der Waals surface area contributed by atoms with Gasteiger partial charge in [-0.05, 0) is 12.1 Å². The second-order valence-corrected chi connectivity index (χ2v) is 7.35. The fraction of sp³-hybridized carbons (Fsp3) is 0.526. The zero-order valence-electron chi connectivity index (χ0n) is 17.6. The number of hydrogen-bond acceptors (Lipinski definition) is 11. The zero-order valence-corrected chi connectivity index (χ0v) is 17.6. The van der Waals surface area contributed by atoms with Crippen LogP contribution in [-0.2, 0) is 23.9 Å². The highest BCUT2D eigenvalue weighted by Gasteiger charge is 2.56. The minimum Gasteiger partial charge on any atom is -0.476 e. The lowest BCUT2D eigenvalue weighted by molar-refractivity contribution is -0.384. The van der Waals surface area contributed by atoms with Gasteiger partial charge < -0.3 is 40.0 Å². The minimum absolute atomic E-state index is 0.165. The average molecular weight is 472 g/mol. The van der Waals surface area contributed by atoms with Gasteiger partial charge in [0.1, 0.15) is 30.7 Å². The summed E-state index contributed by atoms with van der Waals surface area (Å²) in [6.07, 6.45) is -7.77. The fourth-order valence-electron chi connectivity index (χ4n) is 3.25. The smallest absolute Gasteiger partial charge is 0.377 e. The Morgan fingerprint density at radius 1 is 1.27 bits per heavy atom. The number of nitro groups is 1. The van der Waals surface area contributed by atoms with Crippen molar-refractivity contribution >= 4 is 23.5 Å². The Morgan fingerprint density at radius 3 is 2.36 bits per heavy atom. The number of aliphatic hydroxyl groups excluding tert-OH is 3. The number of aliphatic carboxylic acids is 1. The van der Waals surface area contributed by atoms with Gasteiger partial charge in [-0.25, -0.2) is 4.79 Å². The summed E-state index contributed by atoms with van der Waals surface area (Å²) < 4.78 is 15.6. The van der Waals surface area contributed by atoms with E-state index in [4.69, 9.17) is 9.47 Å². The molecule has 14 nitrogen and oxygen atoms in total. The second kappa shape index (κ2) is 10.5. The molecule has 0 aliphatic carbocycles. The quantitative estimate of drug-likeness (QED) is 0.161. The number of hydrogen-bond donors (Lipinski definition) is 5. The van der Waals surface area contributed by atoms with Gasteiger partial charge in [-0.15, -0.1) is 0 Å². The van der Waals surface area contributed by atoms with Crippen LogP contribution in [0, 0.1) is 10.1 Å². The number of rotatable bonds is 9. The summed E-state index contributed by atoms with van der Waals surface area (Å²) >= 11 is 0. The third-order valence-electron chi connectivity index (χ3n) is 4.79. The first kappa shape index (κ1) is 25.9. The van der Waals surface area contributed by atoms with Gasteiger partial charge in [0.25, 0.3) is 5.69 Å². The average Bonchev–Trinajstić information content (AvgIpc) is 2.73. The van der Waals surface area contributed by atoms with Gasteiger partial charge in [-0.3, -0.25) is 19.7 Å². The Labute approximate surface area is 186 Å². The predicted octanol–water partition coefficient (Wildman–Crippen LogP) is -1.31. The number of esters is 1. The van der Waals surface area contributed by atoms with E-state index in [9.17, 15) is 44.9 Å². The molecule has 0 bridgehead atoms. The highest BCUT2D eigenvalue weighted by atomic mass is 16.7. The fourth-order valence-corrected chi connectivity index (χ4v) is 3.25. The molecule has 1 heterocycles. The lowest BCUT2D eigenvalue weighted by atomic mass is 9.88. The Hall–Kier alpha value is -3.33. The van der Waals surface area contributed by atoms with Gasteiger partial charge in [0.05, 0.1) is 23.5 Å². The van der Waals surface area contributed by atoms with Crippen LogP contribution in [0.3, 0.4) is 0 Å². The SMILES string of the molecule is CC(=O)N[C@H]1[C@H]([C@H](O)[C@H](O)COC(C)=O)O[C@@](Oc2ccc([N+](=O)[O-])cc2)(C(=O)O)C[C@@H]1O. The molecule has 5 N–H and O–H groups in total. The molecule has 14 heteroatoms. The van der Waals surface area contributed by atoms with Crippen molar-refractivity contribution in [3.63, 3.8) is 0 Å². The molecule has 1 amide bonds. The van der Waals surface area contributed by atoms with Crippen molar-refractivity contribution < 1.29 is 53.9 Å². The first-order chi connectivity index (χ1) is 15.4. The van der Waals surface area contributed by atoms with Gasteiger partial charge in [0.2, 0.25) is 5.91 Å². The largest absolute Gasteiger partial charge is 0.476 e. The van der Waals surface area contributed by atoms with E-state index in [1.165, 1.54) is 0 Å². The molecule has 33 heavy (non-hydrogen) atoms. The highest BCUT2D eigenvalue weighted by molar-refractivity contribution is 5.77. The lowest BCUT2D eigenvalue weighted by Crippen LogP contribution is -2.68. The number of carboxylic acid groups (broad SMARTS) is 1. The van der Waals surface area contributed by atoms with Crippen molar-refractivity contribution in [1.82, 2.24) is 5.32 Å². The molecule has 1 fully saturated rings. The minimum atomic E-state index is -2.60. The van der Waals surface area contributed by atoms with Gasteiger partial charge >= 0.3 is 17.7 Å². The number of nitrogens with one attached hydrogen (secondary N) is 1. The van der Waals surface area contributed by atoms with Crippen LogP contribution in [0.1, 0.15) is 20.3 Å². The van der Waals surface area contributed by atoms with Crippen molar-refractivity contribution in [2.45, 2.75) is 56.5 Å². The summed E-state index contributed by atoms with van der Waals surface area (Å²) in [5.74, 6) is -5.88. The molecule has 0 spiro atoms. The van der Waals surface area contributed by atoms with Crippen LogP contribution in [0.25, 0.3) is 0 Å². The molecule has 0 unspecified atom stereocenters. The number of benzene rings is 1. The van der Waals surface area contributed by atoms with Crippen LogP contribution in [0.15, 0.2) is 24.3 Å². The molecule has 0 radical (unpaired) electrons. The molecule has 0 saturated carbocycles. The number of non-ortho nitro benzene ring substituents is 1. The molecule has 1 aliphatic rings. The molecule has 1 aromatic rings. The van der Waals surface area contributed by atoms with Crippen molar-refractivity contribution in [2.24, 2.45) is 0 Å². The summed E-state index contributed by atoms with van der Waals surface area (Å²) in [5, 5.41) is 54.3. The number of ether oxygens (including phenoxy) is 3. The summed E-state index contributed by atoms with van der Waals surface area (Å²) in [5.41, 5.74) is -0.288. The Bertz CT molecular complexity index is 891. The number of carboxylic acids is 1. The van der Waals surface area contributed by atoms with Crippen molar-refractivity contribution in [3.05, 3.63) is 34.4 Å². The number of nitro benzene ring substituents is 1. The number of nitrogens with zero attached hydrogens (tertiary/aromatic N) is 1. The van der Waals surface area contributed by atoms with E-state index in [1.54, 1.807) is 0 Å². The van der Waals surface area contributed by atoms with E-state index in [1.807, 2.05) is 0 Å². The van der Waals surface area contributed by atoms with Crippen molar-refractivity contribution in [3.8, 4) is 5.75 Å². The maximum Gasteiger partial charge on any atom is 0.377 e. The highest BCUT2D eigenvalue weighted by Crippen LogP contribution is 2.35. The van der Waals surface area contributed by atoms with Crippen LogP contribution in [0.5, 0.6) is 5.75 Å². The molecular formula is C19H24N2O12. The van der Waals surface area contributed by atoms with E-state index in [0.29, 0.717) is 0 Å². The van der Waals surface area contributed by atoms with Gasteiger partial charge in [-0.2, -0.15) is 0 Å². The monoisotopic (exact) mass is 472 g/mol. The lowest BCUT2D eigenvalue weighted by Gasteiger charge is -2.46. The maximum absolute atomic E-state index is 12.1. The van der Waals surface area contributed by atoms with Crippen LogP contribution >= 0.6 is 0 Å². The van der Waals surface area contributed by atoms with Crippen LogP contribution < -0.4 is 10.1 Å². The van der Waals surface area contributed by atoms with E-state index in [-0.39, 0.29) is 11.4 Å². The first-order valence-corrected chi connectivity index (χ1v) is 9.65. The van der Waals surface area contributed by atoms with E-state index < -0.39 is 72.0 Å². The molecule has 1 aliphatic heterocycles. The molecule has 1 saturated heterocycles. The first-order valence-electron chi connectivity index (χ1n) is 9.65. The van der Waals surface area contributed by atoms with E-state index in [0.717, 1.165) is 38.1 Å². The molecule has 0 aromatic heterocycles. The molecule has 1 aromatic carbocycles. The normalized spacial score (nSPS) is 26.5. The molecule has 182 valence electrons.